The molecule has 0 atom stereocenters. The number of hydrogen-bond acceptors (Lipinski definition) is 3. The number of hydrogen-bond donors (Lipinski definition) is 0. The van der Waals surface area contributed by atoms with Crippen molar-refractivity contribution in [2.24, 2.45) is 0 Å². The molecule has 3 nitrogen and oxygen atoms in total. The van der Waals surface area contributed by atoms with Gasteiger partial charge in [0, 0.05) is 0 Å². The smallest absolute Gasteiger partial charge is 0.870 e. The minimum absolute atomic E-state index is 0. The first-order chi connectivity index (χ1) is 6.36. The van der Waals surface area contributed by atoms with E-state index >= 15 is 0 Å². The van der Waals surface area contributed by atoms with Gasteiger partial charge in [0.25, 0.3) is 0 Å². The Hall–Kier alpha value is -1.65. The average molecular weight is 199 g/mol. The third-order valence-electron chi connectivity index (χ3n) is 1.88. The van der Waals surface area contributed by atoms with Crippen molar-refractivity contribution >= 4 is 13.3 Å². The molecule has 2 rings (SSSR count). The second kappa shape index (κ2) is 5.96. The summed E-state index contributed by atoms with van der Waals surface area (Å²) in [5.41, 5.74) is 2.98. The van der Waals surface area contributed by atoms with Crippen LogP contribution < -0.4 is 5.46 Å². The molecule has 15 heavy (non-hydrogen) atoms. The minimum Gasteiger partial charge on any atom is -0.870 e. The fourth-order valence-electron chi connectivity index (χ4n) is 1.25. The van der Waals surface area contributed by atoms with Crippen LogP contribution in [0.4, 0.5) is 0 Å². The Balaban J connectivity index is 0.000000980. The summed E-state index contributed by atoms with van der Waals surface area (Å²) in [6.07, 6.45) is 3.59. The molecule has 0 spiro atoms. The molecule has 1 heterocycles. The summed E-state index contributed by atoms with van der Waals surface area (Å²) in [6.45, 7) is 0. The molecule has 0 amide bonds. The first kappa shape index (κ1) is 13.4. The molecule has 4 heteroatoms. The van der Waals surface area contributed by atoms with Gasteiger partial charge < -0.3 is 11.0 Å². The van der Waals surface area contributed by atoms with Gasteiger partial charge in [0.05, 0.1) is 0 Å². The van der Waals surface area contributed by atoms with Crippen LogP contribution in [0.25, 0.3) is 11.1 Å². The Morgan fingerprint density at radius 2 is 1.67 bits per heavy atom. The number of nitrogens with zero attached hydrogens (tertiary/aromatic N) is 1. The summed E-state index contributed by atoms with van der Waals surface area (Å²) >= 11 is 0. The van der Waals surface area contributed by atoms with Gasteiger partial charge in [0.1, 0.15) is 0 Å². The molecule has 1 aromatic heterocycles. The van der Waals surface area contributed by atoms with E-state index in [4.69, 9.17) is 7.85 Å². The van der Waals surface area contributed by atoms with Crippen molar-refractivity contribution in [1.29, 1.82) is 0 Å². The summed E-state index contributed by atoms with van der Waals surface area (Å²) in [5, 5.41) is 0. The van der Waals surface area contributed by atoms with Gasteiger partial charge in [-0.2, -0.15) is 0 Å². The Morgan fingerprint density at radius 3 is 2.27 bits per heavy atom. The molecule has 0 saturated carbocycles. The third kappa shape index (κ3) is 3.20. The van der Waals surface area contributed by atoms with Crippen LogP contribution in [0.5, 0.6) is 0 Å². The van der Waals surface area contributed by atoms with Crippen LogP contribution in [-0.2, 0) is 0 Å². The van der Waals surface area contributed by atoms with Crippen LogP contribution in [0, 0.1) is 0 Å². The van der Waals surface area contributed by atoms with E-state index < -0.39 is 0 Å². The van der Waals surface area contributed by atoms with Gasteiger partial charge in [0.2, 0.25) is 0 Å². The molecule has 0 saturated heterocycles. The van der Waals surface area contributed by atoms with Crippen molar-refractivity contribution in [3.8, 4) is 11.1 Å². The van der Waals surface area contributed by atoms with Gasteiger partial charge in [0.15, 0.2) is 0 Å². The molecule has 0 bridgehead atoms. The summed E-state index contributed by atoms with van der Waals surface area (Å²) in [5.74, 6) is 0. The first-order valence-corrected chi connectivity index (χ1v) is 4.12. The van der Waals surface area contributed by atoms with Crippen molar-refractivity contribution in [3.05, 3.63) is 48.8 Å². The van der Waals surface area contributed by atoms with E-state index in [1.54, 1.807) is 6.20 Å². The second-order valence-electron chi connectivity index (χ2n) is 2.87. The zero-order chi connectivity index (χ0) is 9.10. The van der Waals surface area contributed by atoms with Crippen molar-refractivity contribution in [2.75, 3.05) is 0 Å². The normalized spacial score (nSPS) is 8.67. The predicted octanol–water partition coefficient (Wildman–Crippen LogP) is 1.19. The van der Waals surface area contributed by atoms with E-state index in [1.165, 1.54) is 0 Å². The molecule has 0 aliphatic heterocycles. The topological polar surface area (TPSA) is 72.9 Å². The van der Waals surface area contributed by atoms with Crippen LogP contribution in [0.15, 0.2) is 48.8 Å². The van der Waals surface area contributed by atoms with Crippen molar-refractivity contribution < 1.29 is 11.0 Å². The Labute approximate surface area is 89.8 Å². The monoisotopic (exact) mass is 199 g/mol. The minimum atomic E-state index is 0. The molecular weight excluding hydrogens is 189 g/mol. The van der Waals surface area contributed by atoms with E-state index in [-0.39, 0.29) is 11.0 Å². The largest absolute Gasteiger partial charge is 0.870 e. The molecule has 2 N–H and O–H groups in total. The quantitative estimate of drug-likeness (QED) is 0.647. The molecule has 0 aliphatic rings. The summed E-state index contributed by atoms with van der Waals surface area (Å²) in [6, 6.07) is 11.7. The zero-order valence-electron chi connectivity index (χ0n) is 8.04. The van der Waals surface area contributed by atoms with Crippen molar-refractivity contribution in [1.82, 2.24) is 4.98 Å². The fourth-order valence-corrected chi connectivity index (χ4v) is 1.25. The number of rotatable bonds is 1. The Morgan fingerprint density at radius 1 is 0.933 bits per heavy atom. The fraction of sp³-hybridized carbons (Fsp3) is 0. The molecule has 2 aromatic rings. The molecule has 1 aromatic carbocycles. The van der Waals surface area contributed by atoms with E-state index in [0.717, 1.165) is 16.6 Å². The van der Waals surface area contributed by atoms with Crippen molar-refractivity contribution in [3.63, 3.8) is 0 Å². The van der Waals surface area contributed by atoms with Gasteiger partial charge in [-0.25, -0.2) is 0 Å². The van der Waals surface area contributed by atoms with Gasteiger partial charge in [-0.1, -0.05) is 0 Å². The summed E-state index contributed by atoms with van der Waals surface area (Å²) in [7, 11) is 5.68. The van der Waals surface area contributed by atoms with Crippen LogP contribution in [0.3, 0.4) is 0 Å². The van der Waals surface area contributed by atoms with Crippen LogP contribution >= 0.6 is 0 Å². The van der Waals surface area contributed by atoms with E-state index in [0.29, 0.717) is 0 Å². The van der Waals surface area contributed by atoms with Gasteiger partial charge in [-0.15, -0.1) is 0 Å². The van der Waals surface area contributed by atoms with Gasteiger partial charge in [-0.05, 0) is 0 Å². The van der Waals surface area contributed by atoms with Crippen molar-refractivity contribution in [2.45, 2.75) is 0 Å². The summed E-state index contributed by atoms with van der Waals surface area (Å²) < 4.78 is 0. The average Bonchev–Trinajstić information content (AvgIpc) is 2.19. The van der Waals surface area contributed by atoms with Gasteiger partial charge in [-0.3, -0.25) is 0 Å². The maximum Gasteiger partial charge on any atom is -0.870 e. The molecule has 0 unspecified atom stereocenters. The molecule has 0 aliphatic carbocycles. The second-order valence-corrected chi connectivity index (χ2v) is 2.87. The number of aromatic nitrogens is 1. The predicted molar refractivity (Wildman–Crippen MR) is 58.9 cm³/mol. The van der Waals surface area contributed by atoms with E-state index in [2.05, 4.69) is 4.98 Å². The van der Waals surface area contributed by atoms with Gasteiger partial charge >= 0.3 is 78.2 Å². The SMILES string of the molecule is [B+2]c1cccc(-c2cccnc2)c1.[OH-].[OH-]. The summed E-state index contributed by atoms with van der Waals surface area (Å²) in [4.78, 5) is 4.05. The third-order valence-corrected chi connectivity index (χ3v) is 1.88. The standard InChI is InChI=1S/C11H8BN.2H2O/c12-11-5-1-3-9(7-11)10-4-2-6-13-8-10;;/h1-8H;2*1H2/q+2;;/p-2. The zero-order valence-corrected chi connectivity index (χ0v) is 8.04. The first-order valence-electron chi connectivity index (χ1n) is 4.12. The van der Waals surface area contributed by atoms with E-state index in [9.17, 15) is 0 Å². The number of pyridine rings is 1. The molecule has 74 valence electrons. The Kier molecular flexibility index (Phi) is 5.30. The molecule has 0 fully saturated rings. The molecule has 0 radical (unpaired) electrons. The van der Waals surface area contributed by atoms with Crippen LogP contribution in [0.2, 0.25) is 0 Å². The maximum atomic E-state index is 5.68. The van der Waals surface area contributed by atoms with E-state index in [1.807, 2.05) is 42.6 Å². The van der Waals surface area contributed by atoms with Crippen LogP contribution in [0.1, 0.15) is 0 Å². The Bertz CT molecular complexity index is 406. The molecular formula is C11H10BNO2. The maximum absolute atomic E-state index is 5.68. The van der Waals surface area contributed by atoms with Crippen LogP contribution in [-0.4, -0.2) is 23.8 Å². The number of benzene rings is 1.